The summed E-state index contributed by atoms with van der Waals surface area (Å²) in [7, 11) is -4.34. The van der Waals surface area contributed by atoms with Gasteiger partial charge in [-0.3, -0.25) is 0 Å². The average Bonchev–Trinajstić information content (AvgIpc) is 2.79. The number of hydrogen-bond donors (Lipinski definition) is 2. The highest BCUT2D eigenvalue weighted by atomic mass is 19.5. The van der Waals surface area contributed by atoms with Gasteiger partial charge in [0.1, 0.15) is 5.75 Å². The molecule has 4 aromatic rings. The Kier molecular flexibility index (Phi) is 7.22. The first-order valence-corrected chi connectivity index (χ1v) is 9.84. The van der Waals surface area contributed by atoms with Gasteiger partial charge in [-0.15, -0.1) is 0 Å². The fourth-order valence-corrected chi connectivity index (χ4v) is 3.03. The maximum Gasteiger partial charge on any atom is 0.673 e. The van der Waals surface area contributed by atoms with Crippen LogP contribution in [0.1, 0.15) is 0 Å². The molecule has 170 valence electrons. The van der Waals surface area contributed by atoms with Crippen molar-refractivity contribution >= 4 is 18.6 Å². The minimum absolute atomic E-state index is 0.716. The van der Waals surface area contributed by atoms with Crippen molar-refractivity contribution < 1.29 is 26.4 Å². The Balaban J connectivity index is 0.000000555. The van der Waals surface area contributed by atoms with Crippen LogP contribution in [0.25, 0.3) is 33.8 Å². The third kappa shape index (κ3) is 7.00. The molecule has 0 unspecified atom stereocenters. The Morgan fingerprint density at radius 3 is 1.33 bits per heavy atom. The molecule has 0 aliphatic heterocycles. The van der Waals surface area contributed by atoms with Crippen molar-refractivity contribution in [3.8, 4) is 39.5 Å². The van der Waals surface area contributed by atoms with Crippen LogP contribution in [0.3, 0.4) is 0 Å². The monoisotopic (exact) mass is 456 g/mol. The summed E-state index contributed by atoms with van der Waals surface area (Å²) >= 11 is 0. The maximum atomic E-state index is 9.75. The van der Waals surface area contributed by atoms with E-state index in [0.29, 0.717) is 11.4 Å². The van der Waals surface area contributed by atoms with Crippen LogP contribution in [0.4, 0.5) is 28.6 Å². The van der Waals surface area contributed by atoms with Crippen molar-refractivity contribution in [2.45, 2.75) is 0 Å². The summed E-state index contributed by atoms with van der Waals surface area (Å²) < 4.78 is 50.5. The molecule has 4 rings (SSSR count). The lowest BCUT2D eigenvalue weighted by Gasteiger charge is -2.04. The molecule has 0 atom stereocenters. The van der Waals surface area contributed by atoms with Crippen LogP contribution in [0.15, 0.2) is 89.3 Å². The Morgan fingerprint density at radius 2 is 0.970 bits per heavy atom. The van der Waals surface area contributed by atoms with E-state index in [1.807, 2.05) is 84.9 Å². The summed E-state index contributed by atoms with van der Waals surface area (Å²) in [4.78, 5) is 0. The second-order valence-electron chi connectivity index (χ2n) is 7.04. The SMILES string of the molecule is COc1ccc(-c2cc(-c3ccc(N)cc3)[o+]c(-c3ccc(N)cc3)c2)cc1.F[B-](F)(F)F. The lowest BCUT2D eigenvalue weighted by Crippen LogP contribution is -2.02. The molecule has 1 aromatic heterocycles. The molecule has 33 heavy (non-hydrogen) atoms. The van der Waals surface area contributed by atoms with Crippen molar-refractivity contribution in [3.05, 3.63) is 84.9 Å². The molecule has 0 radical (unpaired) electrons. The van der Waals surface area contributed by atoms with E-state index in [4.69, 9.17) is 20.6 Å². The quantitative estimate of drug-likeness (QED) is 0.150. The van der Waals surface area contributed by atoms with Crippen LogP contribution < -0.4 is 16.2 Å². The van der Waals surface area contributed by atoms with E-state index in [2.05, 4.69) is 0 Å². The van der Waals surface area contributed by atoms with E-state index >= 15 is 0 Å². The predicted octanol–water partition coefficient (Wildman–Crippen LogP) is 7.03. The molecule has 0 bridgehead atoms. The molecular weight excluding hydrogens is 435 g/mol. The Bertz CT molecular complexity index is 1130. The van der Waals surface area contributed by atoms with Gasteiger partial charge in [-0.2, -0.15) is 0 Å². The van der Waals surface area contributed by atoms with Gasteiger partial charge in [0, 0.05) is 16.9 Å². The van der Waals surface area contributed by atoms with Crippen LogP contribution >= 0.6 is 0 Å². The number of nitrogen functional groups attached to an aromatic ring is 2. The highest BCUT2D eigenvalue weighted by Gasteiger charge is 2.21. The van der Waals surface area contributed by atoms with Crippen molar-refractivity contribution in [2.24, 2.45) is 0 Å². The summed E-state index contributed by atoms with van der Waals surface area (Å²) in [5, 5.41) is 0. The molecule has 3 aromatic carbocycles. The fourth-order valence-electron chi connectivity index (χ4n) is 3.03. The predicted molar refractivity (Wildman–Crippen MR) is 125 cm³/mol. The van der Waals surface area contributed by atoms with Crippen molar-refractivity contribution in [1.29, 1.82) is 0 Å². The van der Waals surface area contributed by atoms with Gasteiger partial charge in [0.15, 0.2) is 0 Å². The zero-order valence-corrected chi connectivity index (χ0v) is 17.6. The molecule has 0 aliphatic rings. The average molecular weight is 456 g/mol. The smallest absolute Gasteiger partial charge is 0.497 e. The van der Waals surface area contributed by atoms with E-state index in [1.54, 1.807) is 7.11 Å². The van der Waals surface area contributed by atoms with E-state index < -0.39 is 7.25 Å². The first-order chi connectivity index (χ1) is 15.6. The van der Waals surface area contributed by atoms with Crippen LogP contribution in [0.5, 0.6) is 5.75 Å². The molecule has 0 amide bonds. The number of benzene rings is 3. The van der Waals surface area contributed by atoms with Gasteiger partial charge in [0.25, 0.3) is 0 Å². The molecule has 0 aliphatic carbocycles. The van der Waals surface area contributed by atoms with Crippen LogP contribution in [-0.2, 0) is 0 Å². The third-order valence-electron chi connectivity index (χ3n) is 4.61. The molecule has 4 N–H and O–H groups in total. The minimum Gasteiger partial charge on any atom is -0.497 e. The highest BCUT2D eigenvalue weighted by Crippen LogP contribution is 2.34. The van der Waals surface area contributed by atoms with Crippen LogP contribution in [0, 0.1) is 0 Å². The van der Waals surface area contributed by atoms with Gasteiger partial charge in [0.2, 0.25) is 0 Å². The number of ether oxygens (including phenoxy) is 1. The number of rotatable bonds is 4. The first kappa shape index (κ1) is 23.7. The second kappa shape index (κ2) is 10.1. The summed E-state index contributed by atoms with van der Waals surface area (Å²) in [5.41, 5.74) is 17.1. The largest absolute Gasteiger partial charge is 0.673 e. The van der Waals surface area contributed by atoms with Gasteiger partial charge in [-0.05, 0) is 66.2 Å². The normalized spacial score (nSPS) is 10.8. The zero-order valence-electron chi connectivity index (χ0n) is 17.6. The molecule has 0 saturated carbocycles. The Hall–Kier alpha value is -4.01. The fraction of sp³-hybridized carbons (Fsp3) is 0.0417. The van der Waals surface area contributed by atoms with Crippen molar-refractivity contribution in [1.82, 2.24) is 0 Å². The second-order valence-corrected chi connectivity index (χ2v) is 7.04. The third-order valence-corrected chi connectivity index (χ3v) is 4.61. The number of methoxy groups -OCH3 is 1. The standard InChI is InChI=1S/C24H21N2O2.BF4/c1-27-22-12-6-16(7-13-22)19-14-23(17-2-8-20(25)9-3-17)28-24(15-19)18-4-10-21(26)11-5-18;2-1(3,4)5/h2-15H,25-26H2,1H3;/q+1;-1. The van der Waals surface area contributed by atoms with E-state index in [0.717, 1.165) is 39.5 Å². The number of anilines is 2. The Morgan fingerprint density at radius 1 is 0.606 bits per heavy atom. The van der Waals surface area contributed by atoms with Crippen LogP contribution in [0.2, 0.25) is 0 Å². The van der Waals surface area contributed by atoms with Crippen molar-refractivity contribution in [2.75, 3.05) is 18.6 Å². The summed E-state index contributed by atoms with van der Waals surface area (Å²) in [6.45, 7) is 0. The molecular formula is C24H21BF4N2O2. The molecule has 0 spiro atoms. The number of hydrogen-bond acceptors (Lipinski definition) is 3. The van der Waals surface area contributed by atoms with Gasteiger partial charge >= 0.3 is 18.8 Å². The van der Waals surface area contributed by atoms with Crippen LogP contribution in [-0.4, -0.2) is 14.4 Å². The summed E-state index contributed by atoms with van der Waals surface area (Å²) in [5.74, 6) is 2.35. The summed E-state index contributed by atoms with van der Waals surface area (Å²) in [6, 6.07) is 27.3. The zero-order chi connectivity index (χ0) is 24.0. The highest BCUT2D eigenvalue weighted by molar-refractivity contribution is 6.50. The lowest BCUT2D eigenvalue weighted by atomic mass is 10.0. The van der Waals surface area contributed by atoms with Gasteiger partial charge in [0.05, 0.1) is 30.4 Å². The lowest BCUT2D eigenvalue weighted by molar-refractivity contribution is 0.368. The van der Waals surface area contributed by atoms with Gasteiger partial charge in [-0.25, -0.2) is 4.42 Å². The molecule has 1 heterocycles. The molecule has 9 heteroatoms. The van der Waals surface area contributed by atoms with E-state index in [1.165, 1.54) is 0 Å². The van der Waals surface area contributed by atoms with E-state index in [9.17, 15) is 17.3 Å². The van der Waals surface area contributed by atoms with Gasteiger partial charge in [-0.1, -0.05) is 12.1 Å². The molecule has 4 nitrogen and oxygen atoms in total. The minimum atomic E-state index is -6.00. The molecule has 0 saturated heterocycles. The first-order valence-electron chi connectivity index (χ1n) is 9.84. The van der Waals surface area contributed by atoms with Gasteiger partial charge < -0.3 is 33.5 Å². The molecule has 0 fully saturated rings. The summed E-state index contributed by atoms with van der Waals surface area (Å²) in [6.07, 6.45) is 0. The van der Waals surface area contributed by atoms with Crippen molar-refractivity contribution in [3.63, 3.8) is 0 Å². The van der Waals surface area contributed by atoms with E-state index in [-0.39, 0.29) is 0 Å². The maximum absolute atomic E-state index is 9.75. The number of halogens is 4. The Labute approximate surface area is 188 Å². The topological polar surface area (TPSA) is 72.6 Å². The number of nitrogens with two attached hydrogens (primary N) is 2.